The fourth-order valence-corrected chi connectivity index (χ4v) is 0.530. The first-order chi connectivity index (χ1) is 5.70. The van der Waals surface area contributed by atoms with Gasteiger partial charge in [0, 0.05) is 12.7 Å². The molecule has 1 unspecified atom stereocenters. The van der Waals surface area contributed by atoms with Crippen LogP contribution in [0.15, 0.2) is 12.7 Å². The van der Waals surface area contributed by atoms with Crippen LogP contribution in [0.25, 0.3) is 0 Å². The van der Waals surface area contributed by atoms with Crippen LogP contribution in [0.5, 0.6) is 0 Å². The molecule has 0 fully saturated rings. The SMILES string of the molecule is C=CC(=O)OCOC(C)OCC. The van der Waals surface area contributed by atoms with Crippen LogP contribution in [-0.4, -0.2) is 25.7 Å². The summed E-state index contributed by atoms with van der Waals surface area (Å²) < 4.78 is 14.5. The second-order valence-corrected chi connectivity index (χ2v) is 1.97. The summed E-state index contributed by atoms with van der Waals surface area (Å²) in [5, 5.41) is 0. The standard InChI is InChI=1S/C8H14O4/c1-4-8(9)12-6-11-7(3)10-5-2/h4,7H,1,5-6H2,2-3H3. The van der Waals surface area contributed by atoms with Gasteiger partial charge in [0.2, 0.25) is 0 Å². The molecule has 0 rings (SSSR count). The fraction of sp³-hybridized carbons (Fsp3) is 0.625. The molecule has 0 radical (unpaired) electrons. The summed E-state index contributed by atoms with van der Waals surface area (Å²) in [6.07, 6.45) is 0.724. The van der Waals surface area contributed by atoms with Crippen molar-refractivity contribution in [2.75, 3.05) is 13.4 Å². The van der Waals surface area contributed by atoms with E-state index in [1.54, 1.807) is 6.92 Å². The predicted molar refractivity (Wildman–Crippen MR) is 43.3 cm³/mol. The van der Waals surface area contributed by atoms with Gasteiger partial charge in [-0.15, -0.1) is 0 Å². The Hall–Kier alpha value is -0.870. The zero-order chi connectivity index (χ0) is 9.40. The van der Waals surface area contributed by atoms with Crippen molar-refractivity contribution in [2.45, 2.75) is 20.1 Å². The Bertz CT molecular complexity index is 144. The first-order valence-corrected chi connectivity index (χ1v) is 3.73. The normalized spacial score (nSPS) is 12.2. The molecule has 1 atom stereocenters. The molecule has 4 nitrogen and oxygen atoms in total. The topological polar surface area (TPSA) is 44.8 Å². The van der Waals surface area contributed by atoms with Crippen molar-refractivity contribution in [2.24, 2.45) is 0 Å². The molecule has 0 aromatic rings. The van der Waals surface area contributed by atoms with E-state index >= 15 is 0 Å². The molecule has 0 aromatic carbocycles. The van der Waals surface area contributed by atoms with Crippen LogP contribution < -0.4 is 0 Å². The van der Waals surface area contributed by atoms with Crippen LogP contribution in [-0.2, 0) is 19.0 Å². The molecule has 0 aliphatic heterocycles. The molecule has 0 aliphatic carbocycles. The summed E-state index contributed by atoms with van der Waals surface area (Å²) in [7, 11) is 0. The van der Waals surface area contributed by atoms with Gasteiger partial charge in [-0.3, -0.25) is 0 Å². The number of carbonyl (C=O) groups is 1. The largest absolute Gasteiger partial charge is 0.435 e. The van der Waals surface area contributed by atoms with Crippen LogP contribution >= 0.6 is 0 Å². The molecule has 12 heavy (non-hydrogen) atoms. The maximum Gasteiger partial charge on any atom is 0.332 e. The Morgan fingerprint density at radius 2 is 2.25 bits per heavy atom. The Morgan fingerprint density at radius 1 is 1.58 bits per heavy atom. The lowest BCUT2D eigenvalue weighted by atomic mass is 10.7. The van der Waals surface area contributed by atoms with E-state index in [0.717, 1.165) is 6.08 Å². The highest BCUT2D eigenvalue weighted by atomic mass is 16.8. The first-order valence-electron chi connectivity index (χ1n) is 3.73. The number of hydrogen-bond donors (Lipinski definition) is 0. The van der Waals surface area contributed by atoms with E-state index in [-0.39, 0.29) is 13.1 Å². The molecule has 0 aromatic heterocycles. The lowest BCUT2D eigenvalue weighted by Crippen LogP contribution is -2.16. The van der Waals surface area contributed by atoms with E-state index in [1.165, 1.54) is 0 Å². The van der Waals surface area contributed by atoms with Gasteiger partial charge in [0.15, 0.2) is 13.1 Å². The van der Waals surface area contributed by atoms with E-state index < -0.39 is 5.97 Å². The number of carbonyl (C=O) groups excluding carboxylic acids is 1. The second kappa shape index (κ2) is 6.82. The van der Waals surface area contributed by atoms with E-state index in [0.29, 0.717) is 6.61 Å². The third-order valence-corrected chi connectivity index (χ3v) is 1.07. The van der Waals surface area contributed by atoms with Crippen LogP contribution in [0.4, 0.5) is 0 Å². The van der Waals surface area contributed by atoms with Crippen molar-refractivity contribution in [3.8, 4) is 0 Å². The molecular weight excluding hydrogens is 160 g/mol. The smallest absolute Gasteiger partial charge is 0.332 e. The van der Waals surface area contributed by atoms with E-state index in [9.17, 15) is 4.79 Å². The average molecular weight is 174 g/mol. The van der Waals surface area contributed by atoms with Gasteiger partial charge >= 0.3 is 5.97 Å². The van der Waals surface area contributed by atoms with Gasteiger partial charge < -0.3 is 14.2 Å². The lowest BCUT2D eigenvalue weighted by Gasteiger charge is -2.11. The van der Waals surface area contributed by atoms with Gasteiger partial charge in [-0.25, -0.2) is 4.79 Å². The minimum Gasteiger partial charge on any atom is -0.435 e. The number of rotatable bonds is 6. The molecule has 0 aliphatic rings. The third kappa shape index (κ3) is 5.88. The Labute approximate surface area is 72.1 Å². The zero-order valence-corrected chi connectivity index (χ0v) is 7.41. The van der Waals surface area contributed by atoms with Crippen LogP contribution in [0.2, 0.25) is 0 Å². The highest BCUT2D eigenvalue weighted by molar-refractivity contribution is 5.81. The summed E-state index contributed by atoms with van der Waals surface area (Å²) >= 11 is 0. The predicted octanol–water partition coefficient (Wildman–Crippen LogP) is 1.07. The molecule has 0 saturated carbocycles. The molecule has 0 saturated heterocycles. The second-order valence-electron chi connectivity index (χ2n) is 1.97. The molecule has 0 N–H and O–H groups in total. The Kier molecular flexibility index (Phi) is 6.32. The maximum atomic E-state index is 10.5. The molecular formula is C8H14O4. The van der Waals surface area contributed by atoms with Crippen molar-refractivity contribution in [3.05, 3.63) is 12.7 Å². The summed E-state index contributed by atoms with van der Waals surface area (Å²) in [6, 6.07) is 0. The van der Waals surface area contributed by atoms with Crippen LogP contribution in [0, 0.1) is 0 Å². The van der Waals surface area contributed by atoms with Crippen molar-refractivity contribution in [3.63, 3.8) is 0 Å². The molecule has 0 spiro atoms. The van der Waals surface area contributed by atoms with Crippen LogP contribution in [0.3, 0.4) is 0 Å². The van der Waals surface area contributed by atoms with E-state index in [2.05, 4.69) is 11.3 Å². The minimum absolute atomic E-state index is 0.105. The summed E-state index contributed by atoms with van der Waals surface area (Å²) in [4.78, 5) is 10.5. The van der Waals surface area contributed by atoms with Crippen molar-refractivity contribution in [1.82, 2.24) is 0 Å². The molecule has 4 heteroatoms. The van der Waals surface area contributed by atoms with E-state index in [1.807, 2.05) is 6.92 Å². The van der Waals surface area contributed by atoms with Crippen molar-refractivity contribution < 1.29 is 19.0 Å². The lowest BCUT2D eigenvalue weighted by molar-refractivity contribution is -0.189. The minimum atomic E-state index is -0.501. The summed E-state index contributed by atoms with van der Waals surface area (Å²) in [6.45, 7) is 7.28. The van der Waals surface area contributed by atoms with Gasteiger partial charge in [-0.2, -0.15) is 0 Å². The van der Waals surface area contributed by atoms with Gasteiger partial charge in [0.25, 0.3) is 0 Å². The molecule has 0 heterocycles. The summed E-state index contributed by atoms with van der Waals surface area (Å²) in [5.74, 6) is -0.501. The molecule has 0 bridgehead atoms. The first kappa shape index (κ1) is 11.1. The van der Waals surface area contributed by atoms with Crippen molar-refractivity contribution >= 4 is 5.97 Å². The number of ether oxygens (including phenoxy) is 3. The van der Waals surface area contributed by atoms with E-state index in [4.69, 9.17) is 9.47 Å². The van der Waals surface area contributed by atoms with Gasteiger partial charge in [0.05, 0.1) is 0 Å². The highest BCUT2D eigenvalue weighted by Crippen LogP contribution is 1.93. The Balaban J connectivity index is 3.30. The number of hydrogen-bond acceptors (Lipinski definition) is 4. The monoisotopic (exact) mass is 174 g/mol. The summed E-state index contributed by atoms with van der Waals surface area (Å²) in [5.41, 5.74) is 0. The third-order valence-electron chi connectivity index (χ3n) is 1.07. The number of esters is 1. The fourth-order valence-electron chi connectivity index (χ4n) is 0.530. The maximum absolute atomic E-state index is 10.5. The molecule has 70 valence electrons. The quantitative estimate of drug-likeness (QED) is 0.343. The van der Waals surface area contributed by atoms with Gasteiger partial charge in [-0.05, 0) is 13.8 Å². The molecule has 0 amide bonds. The van der Waals surface area contributed by atoms with Gasteiger partial charge in [0.1, 0.15) is 0 Å². The average Bonchev–Trinajstić information content (AvgIpc) is 2.04. The van der Waals surface area contributed by atoms with Crippen molar-refractivity contribution in [1.29, 1.82) is 0 Å². The van der Waals surface area contributed by atoms with Crippen LogP contribution in [0.1, 0.15) is 13.8 Å². The highest BCUT2D eigenvalue weighted by Gasteiger charge is 2.01. The zero-order valence-electron chi connectivity index (χ0n) is 7.41. The van der Waals surface area contributed by atoms with Gasteiger partial charge in [-0.1, -0.05) is 6.58 Å². The Morgan fingerprint density at radius 3 is 2.75 bits per heavy atom.